The van der Waals surface area contributed by atoms with Crippen molar-refractivity contribution >= 4 is 45.6 Å². The van der Waals surface area contributed by atoms with Crippen LogP contribution in [0.5, 0.6) is 11.5 Å². The highest BCUT2D eigenvalue weighted by Crippen LogP contribution is 2.28. The van der Waals surface area contributed by atoms with E-state index in [4.69, 9.17) is 36.7 Å². The molecule has 1 atom stereocenters. The normalized spacial score (nSPS) is 11.8. The van der Waals surface area contributed by atoms with Crippen molar-refractivity contribution in [2.45, 2.75) is 185 Å². The molecule has 0 saturated carbocycles. The summed E-state index contributed by atoms with van der Waals surface area (Å²) in [4.78, 5) is 23.8. The molecule has 2 rings (SSSR count). The van der Waals surface area contributed by atoms with E-state index < -0.39 is 45.6 Å². The topological polar surface area (TPSA) is 108 Å². The van der Waals surface area contributed by atoms with Gasteiger partial charge >= 0.3 is 12.3 Å². The molecule has 2 aromatic carbocycles. The van der Waals surface area contributed by atoms with E-state index in [1.54, 1.807) is 24.3 Å². The van der Waals surface area contributed by atoms with Crippen molar-refractivity contribution < 1.29 is 46.2 Å². The number of hydrogen-bond acceptors (Lipinski definition) is 10. The number of unbranched alkanes of at least 4 members (excludes halogenated alkanes) is 3. The van der Waals surface area contributed by atoms with E-state index >= 15 is 0 Å². The van der Waals surface area contributed by atoms with Crippen molar-refractivity contribution in [3.63, 3.8) is 0 Å². The Hall–Kier alpha value is -2.31. The van der Waals surface area contributed by atoms with Crippen LogP contribution >= 0.6 is 0 Å². The lowest BCUT2D eigenvalue weighted by Gasteiger charge is -2.34. The van der Waals surface area contributed by atoms with Crippen molar-refractivity contribution in [1.82, 2.24) is 0 Å². The molecule has 0 aromatic heterocycles. The SMILES string of the molecule is C.C.C.C.CCCC[Si](C)(C)O[Si](C)(C)CCCC.CCCC[Si](C)(C)O[Si](C)(C)CCCOCCOC(=O)Oc1ccc(C(C)c2ccc(OC(=O)OCCOC)cc2)cc1. The van der Waals surface area contributed by atoms with Crippen LogP contribution < -0.4 is 9.47 Å². The third-order valence-corrected chi connectivity index (χ3v) is 24.8. The number of hydrogen-bond donors (Lipinski definition) is 0. The van der Waals surface area contributed by atoms with Gasteiger partial charge in [-0.3, -0.25) is 0 Å². The van der Waals surface area contributed by atoms with Crippen LogP contribution in [-0.4, -0.2) is 85.7 Å². The molecule has 0 N–H and O–H groups in total. The lowest BCUT2D eigenvalue weighted by atomic mass is 9.93. The van der Waals surface area contributed by atoms with Crippen molar-refractivity contribution in [3.05, 3.63) is 59.7 Å². The van der Waals surface area contributed by atoms with Crippen LogP contribution in [0, 0.1) is 0 Å². The second-order valence-corrected chi connectivity index (χ2v) is 35.2. The first-order chi connectivity index (χ1) is 27.3. The fourth-order valence-corrected chi connectivity index (χ4v) is 24.9. The van der Waals surface area contributed by atoms with Crippen LogP contribution in [0.2, 0.25) is 76.6 Å². The molecule has 14 heteroatoms. The van der Waals surface area contributed by atoms with E-state index in [2.05, 4.69) is 80.1 Å². The molecule has 1 unspecified atom stereocenters. The summed E-state index contributed by atoms with van der Waals surface area (Å²) in [5.74, 6) is 0.857. The first kappa shape index (κ1) is 66.3. The van der Waals surface area contributed by atoms with E-state index in [0.29, 0.717) is 31.3 Å². The van der Waals surface area contributed by atoms with Gasteiger partial charge in [-0.25, -0.2) is 9.59 Å². The van der Waals surface area contributed by atoms with Crippen molar-refractivity contribution in [2.24, 2.45) is 0 Å². The summed E-state index contributed by atoms with van der Waals surface area (Å²) in [7, 11) is -4.47. The smallest absolute Gasteiger partial charge is 0.455 e. The molecule has 0 heterocycles. The average molecular weight is 946 g/mol. The molecule has 0 aliphatic rings. The van der Waals surface area contributed by atoms with Gasteiger partial charge in [0.1, 0.15) is 24.7 Å². The molecule has 364 valence electrons. The molecule has 0 amide bonds. The van der Waals surface area contributed by atoms with E-state index in [9.17, 15) is 9.59 Å². The first-order valence-electron chi connectivity index (χ1n) is 21.6. The predicted molar refractivity (Wildman–Crippen MR) is 275 cm³/mol. The van der Waals surface area contributed by atoms with Crippen LogP contribution in [0.4, 0.5) is 9.59 Å². The van der Waals surface area contributed by atoms with Gasteiger partial charge in [0.25, 0.3) is 0 Å². The molecule has 0 aliphatic carbocycles. The molecular weight excluding hydrogens is 849 g/mol. The van der Waals surface area contributed by atoms with Crippen LogP contribution in [0.1, 0.15) is 119 Å². The Morgan fingerprint density at radius 2 is 0.806 bits per heavy atom. The Bertz CT molecular complexity index is 1390. The van der Waals surface area contributed by atoms with Crippen molar-refractivity contribution in [1.29, 1.82) is 0 Å². The molecule has 0 aliphatic heterocycles. The van der Waals surface area contributed by atoms with Crippen molar-refractivity contribution in [2.75, 3.05) is 40.1 Å². The molecule has 0 bridgehead atoms. The fourth-order valence-electron chi connectivity index (χ4n) is 6.69. The van der Waals surface area contributed by atoms with Gasteiger partial charge in [0, 0.05) is 19.6 Å². The van der Waals surface area contributed by atoms with Gasteiger partial charge in [0.2, 0.25) is 0 Å². The fraction of sp³-hybridized carbons (Fsp3) is 0.708. The van der Waals surface area contributed by atoms with Gasteiger partial charge in [-0.2, -0.15) is 0 Å². The Morgan fingerprint density at radius 1 is 0.484 bits per heavy atom. The van der Waals surface area contributed by atoms with Gasteiger partial charge in [0.05, 0.1) is 13.2 Å². The Balaban J connectivity index is -0.000000758. The second-order valence-electron chi connectivity index (χ2n) is 17.5. The Labute approximate surface area is 386 Å². The third kappa shape index (κ3) is 31.5. The highest BCUT2D eigenvalue weighted by atomic mass is 28.4. The number of methoxy groups -OCH3 is 1. The zero-order valence-corrected chi connectivity index (χ0v) is 42.6. The monoisotopic (exact) mass is 945 g/mol. The van der Waals surface area contributed by atoms with E-state index in [1.807, 2.05) is 24.3 Å². The summed E-state index contributed by atoms with van der Waals surface area (Å²) in [5, 5.41) is 0. The van der Waals surface area contributed by atoms with Crippen LogP contribution in [0.25, 0.3) is 0 Å². The highest BCUT2D eigenvalue weighted by Gasteiger charge is 2.33. The second kappa shape index (κ2) is 35.0. The van der Waals surface area contributed by atoms with Crippen LogP contribution in [0.15, 0.2) is 48.5 Å². The van der Waals surface area contributed by atoms with Crippen LogP contribution in [0.3, 0.4) is 0 Å². The number of carbonyl (C=O) groups is 2. The van der Waals surface area contributed by atoms with Gasteiger partial charge in [-0.15, -0.1) is 0 Å². The molecular formula is C48H96O10Si4. The quantitative estimate of drug-likeness (QED) is 0.0372. The van der Waals surface area contributed by atoms with Gasteiger partial charge in [-0.05, 0) is 118 Å². The summed E-state index contributed by atoms with van der Waals surface area (Å²) in [6.45, 7) is 29.1. The van der Waals surface area contributed by atoms with Gasteiger partial charge in [-0.1, -0.05) is 120 Å². The largest absolute Gasteiger partial charge is 0.513 e. The molecule has 10 nitrogen and oxygen atoms in total. The van der Waals surface area contributed by atoms with E-state index in [1.165, 1.54) is 63.8 Å². The maximum Gasteiger partial charge on any atom is 0.513 e. The van der Waals surface area contributed by atoms with E-state index in [0.717, 1.165) is 23.6 Å². The standard InChI is InChI=1S/C32H50O9Si2.C12H30OSi2.4CH4/c1-8-9-24-42(4,5)41-43(6,7)25-10-19-36-21-23-38-32(34)40-30-17-13-28(14-18-30)26(2)27-11-15-29(16-12-27)39-31(33)37-22-20-35-3;1-7-9-11-14(3,4)13-15(5,6)12-10-8-2;;;;/h11-18,26H,8-10,19-25H2,1-7H3;7-12H2,1-6H3;4*1H4. The lowest BCUT2D eigenvalue weighted by molar-refractivity contribution is 0.0521. The zero-order chi connectivity index (χ0) is 43.7. The predicted octanol–water partition coefficient (Wildman–Crippen LogP) is 15.7. The molecule has 0 saturated heterocycles. The molecule has 2 aromatic rings. The van der Waals surface area contributed by atoms with E-state index in [-0.39, 0.29) is 48.8 Å². The average Bonchev–Trinajstić information content (AvgIpc) is 3.15. The third-order valence-electron chi connectivity index (χ3n) is 9.69. The number of benzene rings is 2. The minimum atomic E-state index is -1.71. The number of ether oxygens (including phenoxy) is 6. The lowest BCUT2D eigenvalue weighted by Crippen LogP contribution is -2.44. The van der Waals surface area contributed by atoms with Crippen LogP contribution in [-0.2, 0) is 27.2 Å². The maximum absolute atomic E-state index is 12.1. The number of rotatable bonds is 27. The van der Waals surface area contributed by atoms with Gasteiger partial charge in [0.15, 0.2) is 33.3 Å². The molecule has 0 spiro atoms. The highest BCUT2D eigenvalue weighted by molar-refractivity contribution is 6.85. The van der Waals surface area contributed by atoms with Gasteiger partial charge < -0.3 is 36.7 Å². The Morgan fingerprint density at radius 3 is 1.13 bits per heavy atom. The maximum atomic E-state index is 12.1. The summed E-state index contributed by atoms with van der Waals surface area (Å²) < 4.78 is 44.2. The Kier molecular flexibility index (Phi) is 37.4. The summed E-state index contributed by atoms with van der Waals surface area (Å²) >= 11 is 0. The summed E-state index contributed by atoms with van der Waals surface area (Å²) in [5.41, 5.74) is 2.06. The molecule has 0 fully saturated rings. The molecule has 0 radical (unpaired) electrons. The summed E-state index contributed by atoms with van der Waals surface area (Å²) in [6.07, 6.45) is 7.15. The minimum Gasteiger partial charge on any atom is -0.455 e. The molecule has 62 heavy (non-hydrogen) atoms. The zero-order valence-electron chi connectivity index (χ0n) is 38.6. The van der Waals surface area contributed by atoms with Crippen molar-refractivity contribution in [3.8, 4) is 11.5 Å². The first-order valence-corrected chi connectivity index (χ1v) is 34.1. The summed E-state index contributed by atoms with van der Waals surface area (Å²) in [6, 6.07) is 19.4. The minimum absolute atomic E-state index is 0. The number of carbonyl (C=O) groups excluding carboxylic acids is 2.